The predicted octanol–water partition coefficient (Wildman–Crippen LogP) is 2.52. The van der Waals surface area contributed by atoms with Crippen molar-refractivity contribution < 1.29 is 27.8 Å². The van der Waals surface area contributed by atoms with E-state index in [1.54, 1.807) is 29.5 Å². The Morgan fingerprint density at radius 2 is 2.18 bits per heavy atom. The van der Waals surface area contributed by atoms with E-state index >= 15 is 0 Å². The first-order chi connectivity index (χ1) is 7.69. The Balaban J connectivity index is 3.10. The molecule has 1 aromatic rings. The van der Waals surface area contributed by atoms with Crippen LogP contribution < -0.4 is 4.74 Å². The van der Waals surface area contributed by atoms with Crippen molar-refractivity contribution in [1.82, 2.24) is 4.98 Å². The first kappa shape index (κ1) is 14.0. The molecule has 1 rings (SSSR count). The molecule has 0 aliphatic heterocycles. The number of aliphatic carboxylic acids is 1. The van der Waals surface area contributed by atoms with Crippen molar-refractivity contribution in [2.24, 2.45) is 0 Å². The number of aromatic nitrogens is 1. The Morgan fingerprint density at radius 1 is 1.59 bits per heavy atom. The molecule has 0 saturated carbocycles. The van der Waals surface area contributed by atoms with Gasteiger partial charge in [0.25, 0.3) is 0 Å². The number of hydrogen-bond acceptors (Lipinski definition) is 3. The van der Waals surface area contributed by atoms with Gasteiger partial charge in [-0.2, -0.15) is 0 Å². The van der Waals surface area contributed by atoms with E-state index in [1.165, 1.54) is 6.07 Å². The van der Waals surface area contributed by atoms with Crippen molar-refractivity contribution in [3.05, 3.63) is 20.9 Å². The molecule has 1 heterocycles. The summed E-state index contributed by atoms with van der Waals surface area (Å²) >= 11 is 1.64. The second-order valence-electron chi connectivity index (χ2n) is 3.16. The highest BCUT2D eigenvalue weighted by atomic mass is 127. The normalized spacial score (nSPS) is 11.4. The van der Waals surface area contributed by atoms with Crippen LogP contribution in [0.4, 0.5) is 13.2 Å². The van der Waals surface area contributed by atoms with Gasteiger partial charge >= 0.3 is 12.3 Å². The lowest BCUT2D eigenvalue weighted by Gasteiger charge is -2.12. The Kier molecular flexibility index (Phi) is 4.17. The SMILES string of the molecule is Cc1cc(I)c(OC(F)(F)F)nc1CC(=O)O. The Hall–Kier alpha value is -1.06. The smallest absolute Gasteiger partial charge is 0.481 e. The largest absolute Gasteiger partial charge is 0.574 e. The van der Waals surface area contributed by atoms with Gasteiger partial charge in [-0.3, -0.25) is 4.79 Å². The van der Waals surface area contributed by atoms with Gasteiger partial charge in [0, 0.05) is 0 Å². The summed E-state index contributed by atoms with van der Waals surface area (Å²) in [5, 5.41) is 8.58. The van der Waals surface area contributed by atoms with Crippen LogP contribution in [0.1, 0.15) is 11.3 Å². The zero-order valence-electron chi connectivity index (χ0n) is 8.51. The average Bonchev–Trinajstić information content (AvgIpc) is 2.10. The lowest BCUT2D eigenvalue weighted by atomic mass is 10.2. The molecule has 0 amide bonds. The number of carboxylic acids is 1. The third kappa shape index (κ3) is 4.36. The number of carbonyl (C=O) groups is 1. The van der Waals surface area contributed by atoms with Crippen molar-refractivity contribution in [2.75, 3.05) is 0 Å². The highest BCUT2D eigenvalue weighted by Gasteiger charge is 2.33. The van der Waals surface area contributed by atoms with E-state index in [-0.39, 0.29) is 9.26 Å². The summed E-state index contributed by atoms with van der Waals surface area (Å²) in [5.41, 5.74) is 0.559. The molecule has 8 heteroatoms. The van der Waals surface area contributed by atoms with Gasteiger partial charge in [0.1, 0.15) is 0 Å². The second kappa shape index (κ2) is 5.07. The first-order valence-electron chi connectivity index (χ1n) is 4.32. The van der Waals surface area contributed by atoms with Crippen LogP contribution in [-0.2, 0) is 11.2 Å². The van der Waals surface area contributed by atoms with Gasteiger partial charge in [-0.25, -0.2) is 4.98 Å². The van der Waals surface area contributed by atoms with Gasteiger partial charge in [-0.15, -0.1) is 13.2 Å². The number of ether oxygens (including phenoxy) is 1. The summed E-state index contributed by atoms with van der Waals surface area (Å²) in [6, 6.07) is 1.40. The lowest BCUT2D eigenvalue weighted by molar-refractivity contribution is -0.276. The van der Waals surface area contributed by atoms with Crippen LogP contribution >= 0.6 is 22.6 Å². The molecule has 0 atom stereocenters. The maximum atomic E-state index is 12.0. The maximum absolute atomic E-state index is 12.0. The molecule has 0 saturated heterocycles. The molecule has 0 aliphatic carbocycles. The highest BCUT2D eigenvalue weighted by molar-refractivity contribution is 14.1. The molecule has 1 aromatic heterocycles. The van der Waals surface area contributed by atoms with E-state index in [0.717, 1.165) is 0 Å². The predicted molar refractivity (Wildman–Crippen MR) is 59.7 cm³/mol. The topological polar surface area (TPSA) is 59.4 Å². The van der Waals surface area contributed by atoms with Crippen LogP contribution in [0, 0.1) is 10.5 Å². The number of nitrogens with zero attached hydrogens (tertiary/aromatic N) is 1. The fourth-order valence-electron chi connectivity index (χ4n) is 1.10. The molecule has 0 radical (unpaired) electrons. The van der Waals surface area contributed by atoms with Gasteiger partial charge in [-0.05, 0) is 41.1 Å². The monoisotopic (exact) mass is 361 g/mol. The Labute approximate surface area is 108 Å². The lowest BCUT2D eigenvalue weighted by Crippen LogP contribution is -2.19. The van der Waals surface area contributed by atoms with Gasteiger partial charge in [-0.1, -0.05) is 0 Å². The molecule has 0 bridgehead atoms. The van der Waals surface area contributed by atoms with Crippen LogP contribution in [0.5, 0.6) is 5.88 Å². The number of hydrogen-bond donors (Lipinski definition) is 1. The van der Waals surface area contributed by atoms with Gasteiger partial charge < -0.3 is 9.84 Å². The van der Waals surface area contributed by atoms with Crippen molar-refractivity contribution in [2.45, 2.75) is 19.7 Å². The molecule has 0 unspecified atom stereocenters. The molecule has 0 fully saturated rings. The van der Waals surface area contributed by atoms with Gasteiger partial charge in [0.15, 0.2) is 0 Å². The van der Waals surface area contributed by atoms with E-state index < -0.39 is 24.6 Å². The molecular formula is C9H7F3INO3. The molecule has 94 valence electrons. The number of aryl methyl sites for hydroxylation is 1. The molecule has 0 aromatic carbocycles. The summed E-state index contributed by atoms with van der Waals surface area (Å²) < 4.78 is 40.0. The number of alkyl halides is 3. The third-order valence-corrected chi connectivity index (χ3v) is 2.54. The standard InChI is InChI=1S/C9H7F3INO3/c1-4-2-5(13)8(17-9(10,11)12)14-6(4)3-7(15)16/h2H,3H2,1H3,(H,15,16). The summed E-state index contributed by atoms with van der Waals surface area (Å²) in [6.07, 6.45) is -5.29. The fourth-order valence-corrected chi connectivity index (χ4v) is 1.80. The second-order valence-corrected chi connectivity index (χ2v) is 4.32. The van der Waals surface area contributed by atoms with E-state index in [0.29, 0.717) is 5.56 Å². The van der Waals surface area contributed by atoms with E-state index in [1.807, 2.05) is 0 Å². The fraction of sp³-hybridized carbons (Fsp3) is 0.333. The zero-order chi connectivity index (χ0) is 13.2. The maximum Gasteiger partial charge on any atom is 0.574 e. The highest BCUT2D eigenvalue weighted by Crippen LogP contribution is 2.27. The van der Waals surface area contributed by atoms with Crippen molar-refractivity contribution in [1.29, 1.82) is 0 Å². The minimum atomic E-state index is -4.84. The molecule has 4 nitrogen and oxygen atoms in total. The van der Waals surface area contributed by atoms with Crippen LogP contribution in [-0.4, -0.2) is 22.4 Å². The van der Waals surface area contributed by atoms with Crippen LogP contribution in [0.25, 0.3) is 0 Å². The van der Waals surface area contributed by atoms with Crippen LogP contribution in [0.15, 0.2) is 6.07 Å². The Bertz CT molecular complexity index is 448. The molecule has 1 N–H and O–H groups in total. The number of carboxylic acid groups (broad SMARTS) is 1. The molecule has 17 heavy (non-hydrogen) atoms. The van der Waals surface area contributed by atoms with E-state index in [9.17, 15) is 18.0 Å². The first-order valence-corrected chi connectivity index (χ1v) is 5.40. The van der Waals surface area contributed by atoms with Crippen LogP contribution in [0.3, 0.4) is 0 Å². The van der Waals surface area contributed by atoms with Crippen molar-refractivity contribution in [3.8, 4) is 5.88 Å². The zero-order valence-corrected chi connectivity index (χ0v) is 10.7. The van der Waals surface area contributed by atoms with E-state index in [4.69, 9.17) is 5.11 Å². The average molecular weight is 361 g/mol. The van der Waals surface area contributed by atoms with Crippen molar-refractivity contribution in [3.63, 3.8) is 0 Å². The quantitative estimate of drug-likeness (QED) is 0.841. The minimum Gasteiger partial charge on any atom is -0.481 e. The molecule has 0 aliphatic rings. The minimum absolute atomic E-state index is 0.0529. The molecule has 0 spiro atoms. The van der Waals surface area contributed by atoms with Gasteiger partial charge in [0.05, 0.1) is 15.7 Å². The van der Waals surface area contributed by atoms with Crippen molar-refractivity contribution >= 4 is 28.6 Å². The summed E-state index contributed by atoms with van der Waals surface area (Å²) in [5.74, 6) is -1.79. The van der Waals surface area contributed by atoms with Crippen LogP contribution in [0.2, 0.25) is 0 Å². The summed E-state index contributed by atoms with van der Waals surface area (Å²) in [6.45, 7) is 1.57. The number of halogens is 4. The Morgan fingerprint density at radius 3 is 2.65 bits per heavy atom. The number of pyridine rings is 1. The molecular weight excluding hydrogens is 354 g/mol. The summed E-state index contributed by atoms with van der Waals surface area (Å²) in [4.78, 5) is 14.1. The third-order valence-electron chi connectivity index (χ3n) is 1.77. The summed E-state index contributed by atoms with van der Waals surface area (Å²) in [7, 11) is 0. The van der Waals surface area contributed by atoms with E-state index in [2.05, 4.69) is 9.72 Å². The van der Waals surface area contributed by atoms with Gasteiger partial charge in [0.2, 0.25) is 5.88 Å². The number of rotatable bonds is 3.